The van der Waals surface area contributed by atoms with Gasteiger partial charge in [0.15, 0.2) is 0 Å². The van der Waals surface area contributed by atoms with Crippen molar-refractivity contribution >= 4 is 23.6 Å². The molecule has 4 nitrogen and oxygen atoms in total. The second-order valence-electron chi connectivity index (χ2n) is 4.83. The molecule has 5 heteroatoms. The van der Waals surface area contributed by atoms with Crippen LogP contribution in [0.2, 0.25) is 0 Å². The number of carboxylic acid groups (broad SMARTS) is 1. The average molecular weight is 247 g/mol. The minimum atomic E-state index is -0.820. The van der Waals surface area contributed by atoms with Crippen LogP contribution in [0.3, 0.4) is 0 Å². The Bertz CT molecular complexity index is 248. The third-order valence-electron chi connectivity index (χ3n) is 2.46. The monoisotopic (exact) mass is 247 g/mol. The van der Waals surface area contributed by atoms with Crippen molar-refractivity contribution in [1.82, 2.24) is 5.32 Å². The van der Waals surface area contributed by atoms with E-state index in [1.165, 1.54) is 11.8 Å². The summed E-state index contributed by atoms with van der Waals surface area (Å²) < 4.78 is 0. The SMILES string of the molecule is CC(C(=O)NCCSCC(=O)O)C(C)(C)C. The summed E-state index contributed by atoms with van der Waals surface area (Å²) in [5.41, 5.74) is -0.0434. The van der Waals surface area contributed by atoms with Crippen molar-refractivity contribution < 1.29 is 14.7 Å². The third kappa shape index (κ3) is 6.71. The van der Waals surface area contributed by atoms with Crippen LogP contribution >= 0.6 is 11.8 Å². The van der Waals surface area contributed by atoms with Crippen LogP contribution in [0.4, 0.5) is 0 Å². The summed E-state index contributed by atoms with van der Waals surface area (Å²) in [4.78, 5) is 21.9. The lowest BCUT2D eigenvalue weighted by molar-refractivity contribution is -0.134. The van der Waals surface area contributed by atoms with E-state index in [0.717, 1.165) is 0 Å². The van der Waals surface area contributed by atoms with E-state index in [1.54, 1.807) is 0 Å². The molecule has 0 spiro atoms. The smallest absolute Gasteiger partial charge is 0.313 e. The van der Waals surface area contributed by atoms with Crippen molar-refractivity contribution in [3.63, 3.8) is 0 Å². The van der Waals surface area contributed by atoms with Crippen molar-refractivity contribution in [3.05, 3.63) is 0 Å². The van der Waals surface area contributed by atoms with Gasteiger partial charge in [-0.2, -0.15) is 0 Å². The van der Waals surface area contributed by atoms with E-state index < -0.39 is 5.97 Å². The van der Waals surface area contributed by atoms with E-state index in [0.29, 0.717) is 12.3 Å². The van der Waals surface area contributed by atoms with Crippen LogP contribution in [-0.2, 0) is 9.59 Å². The summed E-state index contributed by atoms with van der Waals surface area (Å²) in [5.74, 6) is -0.112. The highest BCUT2D eigenvalue weighted by molar-refractivity contribution is 7.99. The number of carbonyl (C=O) groups excluding carboxylic acids is 1. The van der Waals surface area contributed by atoms with Crippen molar-refractivity contribution in [3.8, 4) is 0 Å². The van der Waals surface area contributed by atoms with E-state index in [4.69, 9.17) is 5.11 Å². The molecule has 0 saturated carbocycles. The molecule has 16 heavy (non-hydrogen) atoms. The zero-order valence-electron chi connectivity index (χ0n) is 10.4. The van der Waals surface area contributed by atoms with Gasteiger partial charge in [0.1, 0.15) is 0 Å². The molecular formula is C11H21NO3S. The number of carbonyl (C=O) groups is 2. The van der Waals surface area contributed by atoms with Gasteiger partial charge in [-0.05, 0) is 5.41 Å². The zero-order valence-corrected chi connectivity index (χ0v) is 11.2. The Morgan fingerprint density at radius 3 is 2.38 bits per heavy atom. The topological polar surface area (TPSA) is 66.4 Å². The molecule has 0 aliphatic rings. The molecule has 0 aliphatic carbocycles. The molecule has 0 bridgehead atoms. The van der Waals surface area contributed by atoms with Crippen molar-refractivity contribution in [2.24, 2.45) is 11.3 Å². The molecule has 1 atom stereocenters. The van der Waals surface area contributed by atoms with Gasteiger partial charge < -0.3 is 10.4 Å². The van der Waals surface area contributed by atoms with Crippen molar-refractivity contribution in [2.75, 3.05) is 18.1 Å². The molecule has 0 saturated heterocycles. The normalized spacial score (nSPS) is 13.2. The summed E-state index contributed by atoms with van der Waals surface area (Å²) in [6, 6.07) is 0. The highest BCUT2D eigenvalue weighted by atomic mass is 32.2. The third-order valence-corrected chi connectivity index (χ3v) is 3.41. The molecule has 0 aliphatic heterocycles. The summed E-state index contributed by atoms with van der Waals surface area (Å²) in [7, 11) is 0. The van der Waals surface area contributed by atoms with E-state index in [1.807, 2.05) is 27.7 Å². The number of nitrogens with one attached hydrogen (secondary N) is 1. The van der Waals surface area contributed by atoms with Gasteiger partial charge in [0.2, 0.25) is 5.91 Å². The predicted octanol–water partition coefficient (Wildman–Crippen LogP) is 1.60. The molecule has 0 aromatic rings. The molecule has 2 N–H and O–H groups in total. The Morgan fingerprint density at radius 1 is 1.38 bits per heavy atom. The predicted molar refractivity (Wildman–Crippen MR) is 66.6 cm³/mol. The Kier molecular flexibility index (Phi) is 6.48. The first kappa shape index (κ1) is 15.3. The van der Waals surface area contributed by atoms with Crippen LogP contribution in [0.1, 0.15) is 27.7 Å². The average Bonchev–Trinajstić information content (AvgIpc) is 2.13. The van der Waals surface area contributed by atoms with Gasteiger partial charge in [-0.1, -0.05) is 27.7 Å². The highest BCUT2D eigenvalue weighted by Gasteiger charge is 2.26. The van der Waals surface area contributed by atoms with Crippen molar-refractivity contribution in [1.29, 1.82) is 0 Å². The molecular weight excluding hydrogens is 226 g/mol. The van der Waals surface area contributed by atoms with Gasteiger partial charge in [0, 0.05) is 18.2 Å². The molecule has 0 aromatic carbocycles. The number of thioether (sulfide) groups is 1. The second-order valence-corrected chi connectivity index (χ2v) is 5.93. The highest BCUT2D eigenvalue weighted by Crippen LogP contribution is 2.25. The summed E-state index contributed by atoms with van der Waals surface area (Å²) >= 11 is 1.31. The van der Waals surface area contributed by atoms with Gasteiger partial charge >= 0.3 is 5.97 Å². The maximum absolute atomic E-state index is 11.7. The molecule has 0 aromatic heterocycles. The first-order valence-corrected chi connectivity index (χ1v) is 6.48. The standard InChI is InChI=1S/C11H21NO3S/c1-8(11(2,3)4)10(15)12-5-6-16-7-9(13)14/h8H,5-7H2,1-4H3,(H,12,15)(H,13,14). The fraction of sp³-hybridized carbons (Fsp3) is 0.818. The van der Waals surface area contributed by atoms with Crippen LogP contribution < -0.4 is 5.32 Å². The molecule has 0 heterocycles. The lowest BCUT2D eigenvalue weighted by atomic mass is 9.81. The van der Waals surface area contributed by atoms with E-state index >= 15 is 0 Å². The Balaban J connectivity index is 3.70. The van der Waals surface area contributed by atoms with Crippen LogP contribution in [0, 0.1) is 11.3 Å². The Hall–Kier alpha value is -0.710. The number of hydrogen-bond donors (Lipinski definition) is 2. The maximum Gasteiger partial charge on any atom is 0.313 e. The minimum Gasteiger partial charge on any atom is -0.481 e. The Labute approximate surface area is 101 Å². The van der Waals surface area contributed by atoms with E-state index in [2.05, 4.69) is 5.32 Å². The van der Waals surface area contributed by atoms with Crippen molar-refractivity contribution in [2.45, 2.75) is 27.7 Å². The molecule has 0 radical (unpaired) electrons. The largest absolute Gasteiger partial charge is 0.481 e. The van der Waals surface area contributed by atoms with Crippen LogP contribution in [0.5, 0.6) is 0 Å². The van der Waals surface area contributed by atoms with Gasteiger partial charge in [0.25, 0.3) is 0 Å². The number of aliphatic carboxylic acids is 1. The van der Waals surface area contributed by atoms with Crippen LogP contribution in [0.15, 0.2) is 0 Å². The van der Waals surface area contributed by atoms with E-state index in [9.17, 15) is 9.59 Å². The number of amides is 1. The zero-order chi connectivity index (χ0) is 12.8. The quantitative estimate of drug-likeness (QED) is 0.700. The molecule has 1 unspecified atom stereocenters. The first-order valence-electron chi connectivity index (χ1n) is 5.32. The fourth-order valence-corrected chi connectivity index (χ4v) is 1.52. The lowest BCUT2D eigenvalue weighted by Crippen LogP contribution is -2.37. The van der Waals surface area contributed by atoms with Gasteiger partial charge in [-0.15, -0.1) is 11.8 Å². The van der Waals surface area contributed by atoms with Crippen LogP contribution in [-0.4, -0.2) is 35.0 Å². The number of rotatable bonds is 6. The first-order chi connectivity index (χ1) is 7.25. The maximum atomic E-state index is 11.7. The second kappa shape index (κ2) is 6.78. The molecule has 0 rings (SSSR count). The number of carboxylic acids is 1. The minimum absolute atomic E-state index is 0.0309. The lowest BCUT2D eigenvalue weighted by Gasteiger charge is -2.26. The number of hydrogen-bond acceptors (Lipinski definition) is 3. The van der Waals surface area contributed by atoms with Gasteiger partial charge in [0.05, 0.1) is 5.75 Å². The molecule has 94 valence electrons. The van der Waals surface area contributed by atoms with E-state index in [-0.39, 0.29) is 23.0 Å². The summed E-state index contributed by atoms with van der Waals surface area (Å²) in [6.07, 6.45) is 0. The molecule has 0 fully saturated rings. The molecule has 1 amide bonds. The fourth-order valence-electron chi connectivity index (χ4n) is 0.952. The van der Waals surface area contributed by atoms with Gasteiger partial charge in [-0.3, -0.25) is 9.59 Å². The van der Waals surface area contributed by atoms with Crippen LogP contribution in [0.25, 0.3) is 0 Å². The Morgan fingerprint density at radius 2 is 1.94 bits per heavy atom. The summed E-state index contributed by atoms with van der Waals surface area (Å²) in [6.45, 7) is 8.50. The summed E-state index contributed by atoms with van der Waals surface area (Å²) in [5, 5.41) is 11.2. The van der Waals surface area contributed by atoms with Gasteiger partial charge in [-0.25, -0.2) is 0 Å².